The van der Waals surface area contributed by atoms with Crippen LogP contribution in [0.5, 0.6) is 0 Å². The number of benzene rings is 2. The van der Waals surface area contributed by atoms with Crippen LogP contribution in [0.1, 0.15) is 5.56 Å². The molecule has 0 N–H and O–H groups in total. The Labute approximate surface area is 111 Å². The Morgan fingerprint density at radius 3 is 2.44 bits per heavy atom. The molecule has 2 nitrogen and oxygen atoms in total. The second-order valence-electron chi connectivity index (χ2n) is 4.23. The average molecular weight is 302 g/mol. The van der Waals surface area contributed by atoms with Crippen LogP contribution in [0.3, 0.4) is 0 Å². The van der Waals surface area contributed by atoms with Crippen molar-refractivity contribution < 1.29 is 0 Å². The number of fused-ring (bicyclic) bond motifs is 1. The summed E-state index contributed by atoms with van der Waals surface area (Å²) in [5.74, 6) is 0. The van der Waals surface area contributed by atoms with Gasteiger partial charge < -0.3 is 0 Å². The summed E-state index contributed by atoms with van der Waals surface area (Å²) in [6, 6.07) is 18.3. The monoisotopic (exact) mass is 303 g/mol. The molecule has 0 saturated carbocycles. The molecule has 0 unspecified atom stereocenters. The first kappa shape index (κ1) is 11.5. The Morgan fingerprint density at radius 2 is 1.67 bits per heavy atom. The molecule has 3 rings (SSSR count). The van der Waals surface area contributed by atoms with Crippen LogP contribution in [0.25, 0.3) is 9.65 Å². The van der Waals surface area contributed by atoms with Crippen LogP contribution in [0.2, 0.25) is 0 Å². The minimum absolute atomic E-state index is 0.155. The van der Waals surface area contributed by atoms with E-state index in [-0.39, 0.29) is 20.3 Å². The summed E-state index contributed by atoms with van der Waals surface area (Å²) in [5.41, 5.74) is 1.48. The predicted molar refractivity (Wildman–Crippen MR) is 75.3 cm³/mol. The first-order chi connectivity index (χ1) is 8.84. The van der Waals surface area contributed by atoms with Crippen LogP contribution in [-0.2, 0) is 13.0 Å². The number of hydrogen-bond acceptors (Lipinski definition) is 1. The molecule has 0 aliphatic rings. The van der Waals surface area contributed by atoms with E-state index in [4.69, 9.17) is 0 Å². The van der Waals surface area contributed by atoms with Crippen molar-refractivity contribution in [2.45, 2.75) is 13.0 Å². The van der Waals surface area contributed by atoms with Crippen LogP contribution in [0.4, 0.5) is 0 Å². The van der Waals surface area contributed by atoms with E-state index in [9.17, 15) is 4.79 Å². The molecule has 0 radical (unpaired) electrons. The molecule has 0 atom stereocenters. The van der Waals surface area contributed by atoms with Gasteiger partial charge in [-0.3, -0.25) is 0 Å². The average Bonchev–Trinajstić information content (AvgIpc) is 2.75. The van der Waals surface area contributed by atoms with E-state index in [1.165, 1.54) is 9.82 Å². The van der Waals surface area contributed by atoms with Gasteiger partial charge in [-0.1, -0.05) is 0 Å². The Balaban J connectivity index is 1.87. The molecule has 0 fully saturated rings. The molecule has 0 amide bonds. The maximum absolute atomic E-state index is 12.2. The first-order valence-corrected chi connectivity index (χ1v) is 7.59. The van der Waals surface area contributed by atoms with Gasteiger partial charge in [0.25, 0.3) is 0 Å². The van der Waals surface area contributed by atoms with E-state index in [0.29, 0.717) is 0 Å². The maximum atomic E-state index is 12.2. The summed E-state index contributed by atoms with van der Waals surface area (Å²) in [4.78, 5) is 12.2. The van der Waals surface area contributed by atoms with Gasteiger partial charge in [-0.2, -0.15) is 0 Å². The Hall–Kier alpha value is -1.57. The molecule has 3 heteroatoms. The van der Waals surface area contributed by atoms with Crippen molar-refractivity contribution in [2.75, 3.05) is 0 Å². The van der Waals surface area contributed by atoms with Gasteiger partial charge in [0.05, 0.1) is 0 Å². The summed E-state index contributed by atoms with van der Waals surface area (Å²) in [5, 5.41) is 0.894. The van der Waals surface area contributed by atoms with Crippen LogP contribution < -0.4 is 5.56 Å². The molecule has 0 aliphatic heterocycles. The van der Waals surface area contributed by atoms with Gasteiger partial charge in [0.15, 0.2) is 0 Å². The third-order valence-corrected chi connectivity index (χ3v) is 5.35. The molecule has 1 heterocycles. The second-order valence-corrected chi connectivity index (χ2v) is 6.46. The molecule has 90 valence electrons. The Bertz CT molecular complexity index is 712. The first-order valence-electron chi connectivity index (χ1n) is 5.97. The molecule has 3 aromatic rings. The minimum atomic E-state index is 0.155. The van der Waals surface area contributed by atoms with E-state index in [0.717, 1.165) is 18.4 Å². The molecule has 0 spiro atoms. The zero-order chi connectivity index (χ0) is 12.4. The fourth-order valence-corrected chi connectivity index (χ4v) is 4.13. The molecular formula is C15H13NOSe. The second kappa shape index (κ2) is 4.97. The number of nitrogens with zero attached hydrogens (tertiary/aromatic N) is 1. The molecule has 18 heavy (non-hydrogen) atoms. The summed E-state index contributed by atoms with van der Waals surface area (Å²) >= 11 is 0.155. The zero-order valence-corrected chi connectivity index (χ0v) is 11.6. The summed E-state index contributed by atoms with van der Waals surface area (Å²) in [7, 11) is 0. The number of hydrogen-bond donors (Lipinski definition) is 0. The van der Waals surface area contributed by atoms with Gasteiger partial charge in [-0.25, -0.2) is 0 Å². The van der Waals surface area contributed by atoms with Crippen LogP contribution >= 0.6 is 0 Å². The van der Waals surface area contributed by atoms with Gasteiger partial charge >= 0.3 is 111 Å². The number of aromatic nitrogens is 1. The normalized spacial score (nSPS) is 10.9. The van der Waals surface area contributed by atoms with Crippen molar-refractivity contribution in [3.05, 3.63) is 70.5 Å². The molecule has 0 saturated heterocycles. The van der Waals surface area contributed by atoms with Gasteiger partial charge in [0.2, 0.25) is 0 Å². The van der Waals surface area contributed by atoms with Crippen LogP contribution in [0, 0.1) is 0 Å². The van der Waals surface area contributed by atoms with Crippen molar-refractivity contribution in [2.24, 2.45) is 0 Å². The molecular weight excluding hydrogens is 289 g/mol. The number of rotatable bonds is 3. The fourth-order valence-electron chi connectivity index (χ4n) is 2.04. The SMILES string of the molecule is O=c1c2ccccc2[se]n1CCc1ccccc1. The predicted octanol–water partition coefficient (Wildman–Crippen LogP) is 2.30. The summed E-state index contributed by atoms with van der Waals surface area (Å²) < 4.78 is 3.20. The third kappa shape index (κ3) is 2.20. The van der Waals surface area contributed by atoms with Gasteiger partial charge in [-0.05, 0) is 0 Å². The summed E-state index contributed by atoms with van der Waals surface area (Å²) in [6.07, 6.45) is 0.933. The quantitative estimate of drug-likeness (QED) is 0.681. The molecule has 2 aromatic carbocycles. The topological polar surface area (TPSA) is 22.0 Å². The zero-order valence-electron chi connectivity index (χ0n) is 9.87. The Kier molecular flexibility index (Phi) is 3.18. The van der Waals surface area contributed by atoms with E-state index < -0.39 is 0 Å². The van der Waals surface area contributed by atoms with E-state index in [2.05, 4.69) is 18.2 Å². The Morgan fingerprint density at radius 1 is 0.944 bits per heavy atom. The van der Waals surface area contributed by atoms with Crippen molar-refractivity contribution in [3.8, 4) is 0 Å². The van der Waals surface area contributed by atoms with Gasteiger partial charge in [0.1, 0.15) is 0 Å². The van der Waals surface area contributed by atoms with Crippen LogP contribution in [-0.4, -0.2) is 18.3 Å². The van der Waals surface area contributed by atoms with Crippen molar-refractivity contribution in [1.29, 1.82) is 0 Å². The van der Waals surface area contributed by atoms with Crippen molar-refractivity contribution >= 4 is 24.4 Å². The van der Waals surface area contributed by atoms with Crippen molar-refractivity contribution in [3.63, 3.8) is 0 Å². The van der Waals surface area contributed by atoms with Crippen molar-refractivity contribution in [1.82, 2.24) is 3.56 Å². The molecule has 1 aromatic heterocycles. The van der Waals surface area contributed by atoms with Gasteiger partial charge in [-0.15, -0.1) is 0 Å². The standard InChI is InChI=1S/C15H13NOSe/c17-15-13-8-4-5-9-14(13)18-16(15)11-10-12-6-2-1-3-7-12/h1-9H,10-11H2. The van der Waals surface area contributed by atoms with E-state index in [1.54, 1.807) is 0 Å². The van der Waals surface area contributed by atoms with E-state index in [1.807, 2.05) is 40.0 Å². The fraction of sp³-hybridized carbons (Fsp3) is 0.133. The van der Waals surface area contributed by atoms with Gasteiger partial charge in [0, 0.05) is 0 Å². The molecule has 0 bridgehead atoms. The third-order valence-electron chi connectivity index (χ3n) is 3.00. The van der Waals surface area contributed by atoms with Crippen LogP contribution in [0.15, 0.2) is 59.4 Å². The van der Waals surface area contributed by atoms with E-state index >= 15 is 0 Å². The summed E-state index contributed by atoms with van der Waals surface area (Å²) in [6.45, 7) is 0.817. The number of aryl methyl sites for hydroxylation is 2. The molecule has 0 aliphatic carbocycles.